The van der Waals surface area contributed by atoms with Crippen LogP contribution in [0.4, 0.5) is 0 Å². The summed E-state index contributed by atoms with van der Waals surface area (Å²) in [5.41, 5.74) is 5.91. The molecule has 0 aliphatic rings. The molecule has 0 saturated heterocycles. The number of carbonyl (C=O) groups excluding carboxylic acids is 1. The molecule has 18 heavy (non-hydrogen) atoms. The zero-order chi connectivity index (χ0) is 13.8. The molecule has 7 heteroatoms. The molecule has 0 atom stereocenters. The Morgan fingerprint density at radius 2 is 2.22 bits per heavy atom. The van der Waals surface area contributed by atoms with Crippen molar-refractivity contribution in [2.75, 3.05) is 12.9 Å². The van der Waals surface area contributed by atoms with Crippen LogP contribution < -0.4 is 5.73 Å². The Kier molecular flexibility index (Phi) is 4.43. The molecule has 0 radical (unpaired) electrons. The third-order valence-corrected chi connectivity index (χ3v) is 3.13. The van der Waals surface area contributed by atoms with E-state index in [9.17, 15) is 13.2 Å². The summed E-state index contributed by atoms with van der Waals surface area (Å²) < 4.78 is 27.4. The summed E-state index contributed by atoms with van der Waals surface area (Å²) in [6.07, 6.45) is 3.47. The van der Waals surface area contributed by atoms with Crippen LogP contribution in [0.2, 0.25) is 0 Å². The monoisotopic (exact) mass is 270 g/mol. The normalized spacial score (nSPS) is 12.2. The van der Waals surface area contributed by atoms with Crippen LogP contribution in [0.15, 0.2) is 29.3 Å². The highest BCUT2D eigenvalue weighted by atomic mass is 32.2. The number of nitrogens with two attached hydrogens (primary N) is 1. The van der Waals surface area contributed by atoms with E-state index in [-0.39, 0.29) is 22.9 Å². The molecule has 1 aromatic rings. The molecule has 0 aromatic carbocycles. The average Bonchev–Trinajstić information content (AvgIpc) is 2.28. The standard InChI is InChI=1S/C11H14N2O4S/c1-3-17-11(14)7-9(12)10-6-8(4-5-13-10)18(2,15)16/h4-7H,3,12H2,1-2H3. The van der Waals surface area contributed by atoms with Gasteiger partial charge in [-0.3, -0.25) is 4.98 Å². The minimum atomic E-state index is -3.34. The van der Waals surface area contributed by atoms with E-state index in [4.69, 9.17) is 10.5 Å². The fraction of sp³-hybridized carbons (Fsp3) is 0.273. The summed E-state index contributed by atoms with van der Waals surface area (Å²) in [7, 11) is -3.34. The first kappa shape index (κ1) is 14.2. The van der Waals surface area contributed by atoms with Gasteiger partial charge in [-0.05, 0) is 19.1 Å². The van der Waals surface area contributed by atoms with Gasteiger partial charge in [-0.1, -0.05) is 0 Å². The summed E-state index contributed by atoms with van der Waals surface area (Å²) >= 11 is 0. The third-order valence-electron chi connectivity index (χ3n) is 2.02. The molecule has 0 bridgehead atoms. The fourth-order valence-corrected chi connectivity index (χ4v) is 1.82. The van der Waals surface area contributed by atoms with E-state index in [2.05, 4.69) is 4.98 Å². The minimum Gasteiger partial charge on any atom is -0.463 e. The van der Waals surface area contributed by atoms with E-state index >= 15 is 0 Å². The van der Waals surface area contributed by atoms with E-state index < -0.39 is 15.8 Å². The molecular weight excluding hydrogens is 256 g/mol. The summed E-state index contributed by atoms with van der Waals surface area (Å²) in [4.78, 5) is 15.2. The van der Waals surface area contributed by atoms with Crippen molar-refractivity contribution in [1.29, 1.82) is 0 Å². The Hall–Kier alpha value is -1.89. The molecule has 0 aliphatic heterocycles. The molecule has 1 rings (SSSR count). The maximum Gasteiger partial charge on any atom is 0.332 e. The molecule has 0 amide bonds. The highest BCUT2D eigenvalue weighted by Gasteiger charge is 2.10. The Balaban J connectivity index is 3.08. The Labute approximate surface area is 105 Å². The first-order valence-electron chi connectivity index (χ1n) is 5.15. The number of ether oxygens (including phenoxy) is 1. The molecule has 0 fully saturated rings. The SMILES string of the molecule is CCOC(=O)C=C(N)c1cc(S(C)(=O)=O)ccn1. The molecule has 0 saturated carbocycles. The molecule has 1 aromatic heterocycles. The molecule has 1 heterocycles. The summed E-state index contributed by atoms with van der Waals surface area (Å²) in [5, 5.41) is 0. The van der Waals surface area contributed by atoms with Crippen LogP contribution in [0.3, 0.4) is 0 Å². The predicted molar refractivity (Wildman–Crippen MR) is 66.1 cm³/mol. The van der Waals surface area contributed by atoms with Crippen molar-refractivity contribution in [1.82, 2.24) is 4.98 Å². The lowest BCUT2D eigenvalue weighted by Gasteiger charge is -2.03. The first-order chi connectivity index (χ1) is 8.34. The van der Waals surface area contributed by atoms with Gasteiger partial charge in [0.05, 0.1) is 22.9 Å². The molecule has 6 nitrogen and oxygen atoms in total. The number of esters is 1. The Morgan fingerprint density at radius 1 is 1.56 bits per heavy atom. The van der Waals surface area contributed by atoms with Crippen LogP contribution in [0.5, 0.6) is 0 Å². The lowest BCUT2D eigenvalue weighted by Crippen LogP contribution is -2.07. The van der Waals surface area contributed by atoms with Crippen molar-refractivity contribution in [3.05, 3.63) is 30.1 Å². The highest BCUT2D eigenvalue weighted by molar-refractivity contribution is 7.90. The largest absolute Gasteiger partial charge is 0.463 e. The maximum absolute atomic E-state index is 11.4. The minimum absolute atomic E-state index is 0.0546. The maximum atomic E-state index is 11.4. The van der Waals surface area contributed by atoms with Crippen LogP contribution in [0.1, 0.15) is 12.6 Å². The van der Waals surface area contributed by atoms with Crippen molar-refractivity contribution in [3.63, 3.8) is 0 Å². The summed E-state index contributed by atoms with van der Waals surface area (Å²) in [5.74, 6) is -0.596. The molecule has 0 spiro atoms. The zero-order valence-corrected chi connectivity index (χ0v) is 10.9. The molecule has 2 N–H and O–H groups in total. The second kappa shape index (κ2) is 5.63. The smallest absolute Gasteiger partial charge is 0.332 e. The second-order valence-corrected chi connectivity index (χ2v) is 5.52. The number of aromatic nitrogens is 1. The van der Waals surface area contributed by atoms with Gasteiger partial charge in [-0.15, -0.1) is 0 Å². The van der Waals surface area contributed by atoms with Gasteiger partial charge < -0.3 is 10.5 Å². The zero-order valence-electron chi connectivity index (χ0n) is 10.1. The number of rotatable bonds is 4. The van der Waals surface area contributed by atoms with Crippen LogP contribution >= 0.6 is 0 Å². The van der Waals surface area contributed by atoms with Crippen molar-refractivity contribution in [2.24, 2.45) is 5.73 Å². The van der Waals surface area contributed by atoms with Crippen molar-refractivity contribution in [2.45, 2.75) is 11.8 Å². The molecule has 0 aliphatic carbocycles. The van der Waals surface area contributed by atoms with E-state index in [0.717, 1.165) is 12.3 Å². The quantitative estimate of drug-likeness (QED) is 0.626. The van der Waals surface area contributed by atoms with Crippen LogP contribution in [0, 0.1) is 0 Å². The van der Waals surface area contributed by atoms with Gasteiger partial charge >= 0.3 is 5.97 Å². The van der Waals surface area contributed by atoms with Crippen LogP contribution in [-0.4, -0.2) is 32.2 Å². The van der Waals surface area contributed by atoms with Gasteiger partial charge in [-0.2, -0.15) is 0 Å². The summed E-state index contributed by atoms with van der Waals surface area (Å²) in [6, 6.07) is 2.66. The van der Waals surface area contributed by atoms with Crippen LogP contribution in [-0.2, 0) is 19.4 Å². The third kappa shape index (κ3) is 3.85. The lowest BCUT2D eigenvalue weighted by molar-refractivity contribution is -0.137. The van der Waals surface area contributed by atoms with Gasteiger partial charge in [-0.25, -0.2) is 13.2 Å². The predicted octanol–water partition coefficient (Wildman–Crippen LogP) is 0.348. The summed E-state index contributed by atoms with van der Waals surface area (Å²) in [6.45, 7) is 1.91. The van der Waals surface area contributed by atoms with Gasteiger partial charge in [0.15, 0.2) is 9.84 Å². The van der Waals surface area contributed by atoms with Crippen molar-refractivity contribution >= 4 is 21.5 Å². The number of nitrogens with zero attached hydrogens (tertiary/aromatic N) is 1. The average molecular weight is 270 g/mol. The topological polar surface area (TPSA) is 99.4 Å². The van der Waals surface area contributed by atoms with Gasteiger partial charge in [0.25, 0.3) is 0 Å². The number of carbonyl (C=O) groups is 1. The highest BCUT2D eigenvalue weighted by Crippen LogP contribution is 2.13. The first-order valence-corrected chi connectivity index (χ1v) is 7.04. The van der Waals surface area contributed by atoms with Crippen molar-refractivity contribution < 1.29 is 17.9 Å². The van der Waals surface area contributed by atoms with Gasteiger partial charge in [0.1, 0.15) is 0 Å². The number of hydrogen-bond acceptors (Lipinski definition) is 6. The van der Waals surface area contributed by atoms with E-state index in [0.29, 0.717) is 0 Å². The molecular formula is C11H14N2O4S. The molecule has 98 valence electrons. The number of hydrogen-bond donors (Lipinski definition) is 1. The van der Waals surface area contributed by atoms with Crippen LogP contribution in [0.25, 0.3) is 5.70 Å². The molecule has 0 unspecified atom stereocenters. The van der Waals surface area contributed by atoms with E-state index in [1.165, 1.54) is 18.3 Å². The fourth-order valence-electron chi connectivity index (χ4n) is 1.18. The Bertz CT molecular complexity index is 578. The Morgan fingerprint density at radius 3 is 2.78 bits per heavy atom. The second-order valence-electron chi connectivity index (χ2n) is 3.50. The van der Waals surface area contributed by atoms with E-state index in [1.54, 1.807) is 6.92 Å². The van der Waals surface area contributed by atoms with Crippen molar-refractivity contribution in [3.8, 4) is 0 Å². The van der Waals surface area contributed by atoms with E-state index in [1.807, 2.05) is 0 Å². The van der Waals surface area contributed by atoms with Gasteiger partial charge in [0.2, 0.25) is 0 Å². The number of sulfone groups is 1. The lowest BCUT2D eigenvalue weighted by atomic mass is 10.2. The number of pyridine rings is 1. The van der Waals surface area contributed by atoms with Gasteiger partial charge in [0, 0.05) is 18.5 Å².